The number of ether oxygens (including phenoxy) is 1. The Morgan fingerprint density at radius 3 is 2.94 bits per heavy atom. The molecule has 0 aliphatic rings. The van der Waals surface area contributed by atoms with Gasteiger partial charge in [0.25, 0.3) is 0 Å². The summed E-state index contributed by atoms with van der Waals surface area (Å²) in [4.78, 5) is 14.5. The summed E-state index contributed by atoms with van der Waals surface area (Å²) in [6.07, 6.45) is 1.42. The second-order valence-corrected chi connectivity index (χ2v) is 4.53. The summed E-state index contributed by atoms with van der Waals surface area (Å²) in [5.41, 5.74) is 0. The first kappa shape index (κ1) is 13.4. The highest BCUT2D eigenvalue weighted by Gasteiger charge is 2.13. The molecule has 1 rings (SSSR count). The summed E-state index contributed by atoms with van der Waals surface area (Å²) < 4.78 is 30.4. The lowest BCUT2D eigenvalue weighted by molar-refractivity contribution is 0.177. The van der Waals surface area contributed by atoms with Crippen LogP contribution in [0.1, 0.15) is 12.2 Å². The number of hydrogen-bond donors (Lipinski definition) is 3. The maximum Gasteiger partial charge on any atom is 0.421 e. The standard InChI is InChI=1S/C7H13N5O4S/c1-16-7(13)12-17(14,15)10-4-2-3-6-8-5-9-11-6/h5,10H,2-4H2,1H3,(H,12,13)(H,8,9,11). The largest absolute Gasteiger partial charge is 0.452 e. The quantitative estimate of drug-likeness (QED) is 0.561. The molecule has 0 unspecified atom stereocenters. The first-order valence-electron chi connectivity index (χ1n) is 4.73. The summed E-state index contributed by atoms with van der Waals surface area (Å²) in [5.74, 6) is 0.671. The zero-order valence-corrected chi connectivity index (χ0v) is 9.95. The number of nitrogens with one attached hydrogen (secondary N) is 3. The van der Waals surface area contributed by atoms with Crippen molar-refractivity contribution in [3.05, 3.63) is 12.2 Å². The molecule has 0 bridgehead atoms. The van der Waals surface area contributed by atoms with E-state index in [0.717, 1.165) is 7.11 Å². The predicted octanol–water partition coefficient (Wildman–Crippen LogP) is -1.07. The number of methoxy groups -OCH3 is 1. The smallest absolute Gasteiger partial charge is 0.421 e. The Morgan fingerprint density at radius 1 is 1.59 bits per heavy atom. The first-order chi connectivity index (χ1) is 8.03. The van der Waals surface area contributed by atoms with Crippen LogP contribution in [-0.2, 0) is 21.4 Å². The van der Waals surface area contributed by atoms with Gasteiger partial charge in [-0.25, -0.2) is 14.5 Å². The molecule has 0 radical (unpaired) electrons. The van der Waals surface area contributed by atoms with E-state index < -0.39 is 16.3 Å². The molecular weight excluding hydrogens is 250 g/mol. The number of carbonyl (C=O) groups excluding carboxylic acids is 1. The molecule has 0 spiro atoms. The van der Waals surface area contributed by atoms with Gasteiger partial charge in [0.2, 0.25) is 0 Å². The van der Waals surface area contributed by atoms with Crippen LogP contribution in [0.2, 0.25) is 0 Å². The van der Waals surface area contributed by atoms with Crippen molar-refractivity contribution in [2.45, 2.75) is 12.8 Å². The molecule has 0 aliphatic carbocycles. The van der Waals surface area contributed by atoms with Gasteiger partial charge in [-0.3, -0.25) is 5.10 Å². The van der Waals surface area contributed by atoms with Crippen LogP contribution in [0.5, 0.6) is 0 Å². The van der Waals surface area contributed by atoms with Crippen molar-refractivity contribution in [1.82, 2.24) is 24.6 Å². The zero-order chi connectivity index (χ0) is 12.7. The molecule has 0 saturated heterocycles. The van der Waals surface area contributed by atoms with Gasteiger partial charge in [-0.15, -0.1) is 0 Å². The van der Waals surface area contributed by atoms with Gasteiger partial charge in [-0.1, -0.05) is 0 Å². The van der Waals surface area contributed by atoms with Crippen molar-refractivity contribution in [2.75, 3.05) is 13.7 Å². The SMILES string of the molecule is COC(=O)NS(=O)(=O)NCCCc1ncn[nH]1. The normalized spacial score (nSPS) is 11.1. The minimum Gasteiger partial charge on any atom is -0.452 e. The average molecular weight is 263 g/mol. The number of carbonyl (C=O) groups is 1. The van der Waals surface area contributed by atoms with Crippen molar-refractivity contribution in [2.24, 2.45) is 0 Å². The molecular formula is C7H13N5O4S. The van der Waals surface area contributed by atoms with Gasteiger partial charge in [0.15, 0.2) is 0 Å². The molecule has 1 heterocycles. The lowest BCUT2D eigenvalue weighted by atomic mass is 10.3. The second kappa shape index (κ2) is 6.15. The third-order valence-electron chi connectivity index (χ3n) is 1.75. The Bertz CT molecular complexity index is 443. The summed E-state index contributed by atoms with van der Waals surface area (Å²) in [5, 5.41) is 6.30. The second-order valence-electron chi connectivity index (χ2n) is 3.03. The van der Waals surface area contributed by atoms with E-state index in [2.05, 4.69) is 24.6 Å². The fourth-order valence-corrected chi connectivity index (χ4v) is 1.79. The maximum absolute atomic E-state index is 11.2. The third-order valence-corrected chi connectivity index (χ3v) is 2.77. The molecule has 0 aliphatic heterocycles. The van der Waals surface area contributed by atoms with Crippen molar-refractivity contribution in [1.29, 1.82) is 0 Å². The van der Waals surface area contributed by atoms with Crippen LogP contribution >= 0.6 is 0 Å². The number of aromatic nitrogens is 3. The highest BCUT2D eigenvalue weighted by molar-refractivity contribution is 7.88. The fraction of sp³-hybridized carbons (Fsp3) is 0.571. The molecule has 1 aromatic rings. The number of rotatable bonds is 6. The Kier molecular flexibility index (Phi) is 4.84. The monoisotopic (exact) mass is 263 g/mol. The molecule has 1 amide bonds. The van der Waals surface area contributed by atoms with Gasteiger partial charge in [-0.2, -0.15) is 18.2 Å². The molecule has 17 heavy (non-hydrogen) atoms. The number of aromatic amines is 1. The molecule has 0 fully saturated rings. The van der Waals surface area contributed by atoms with Crippen LogP contribution in [0.15, 0.2) is 6.33 Å². The molecule has 0 atom stereocenters. The Balaban J connectivity index is 2.23. The predicted molar refractivity (Wildman–Crippen MR) is 57.2 cm³/mol. The van der Waals surface area contributed by atoms with Gasteiger partial charge in [-0.05, 0) is 6.42 Å². The first-order valence-corrected chi connectivity index (χ1v) is 6.21. The number of aryl methyl sites for hydroxylation is 1. The topological polar surface area (TPSA) is 126 Å². The van der Waals surface area contributed by atoms with E-state index >= 15 is 0 Å². The minimum atomic E-state index is -3.85. The van der Waals surface area contributed by atoms with Crippen LogP contribution in [-0.4, -0.2) is 43.3 Å². The van der Waals surface area contributed by atoms with Gasteiger partial charge < -0.3 is 4.74 Å². The Morgan fingerprint density at radius 2 is 2.35 bits per heavy atom. The maximum atomic E-state index is 11.2. The van der Waals surface area contributed by atoms with E-state index in [1.165, 1.54) is 6.33 Å². The Labute approximate surface area is 98.1 Å². The van der Waals surface area contributed by atoms with Gasteiger partial charge in [0.1, 0.15) is 12.2 Å². The van der Waals surface area contributed by atoms with Crippen LogP contribution in [0.4, 0.5) is 4.79 Å². The molecule has 10 heteroatoms. The number of H-pyrrole nitrogens is 1. The van der Waals surface area contributed by atoms with E-state index in [0.29, 0.717) is 18.7 Å². The number of nitrogens with zero attached hydrogens (tertiary/aromatic N) is 2. The van der Waals surface area contributed by atoms with Crippen molar-refractivity contribution >= 4 is 16.3 Å². The summed E-state index contributed by atoms with van der Waals surface area (Å²) in [6, 6.07) is 0. The number of hydrogen-bond acceptors (Lipinski definition) is 6. The van der Waals surface area contributed by atoms with Gasteiger partial charge in [0.05, 0.1) is 7.11 Å². The molecule has 0 aromatic carbocycles. The number of amides is 1. The molecule has 3 N–H and O–H groups in total. The van der Waals surface area contributed by atoms with Crippen LogP contribution in [0.25, 0.3) is 0 Å². The molecule has 1 aromatic heterocycles. The van der Waals surface area contributed by atoms with Crippen LogP contribution in [0.3, 0.4) is 0 Å². The van der Waals surface area contributed by atoms with Gasteiger partial charge >= 0.3 is 16.3 Å². The van der Waals surface area contributed by atoms with Crippen molar-refractivity contribution in [3.63, 3.8) is 0 Å². The summed E-state index contributed by atoms with van der Waals surface area (Å²) in [6.45, 7) is 0.174. The van der Waals surface area contributed by atoms with E-state index in [1.807, 2.05) is 0 Å². The summed E-state index contributed by atoms with van der Waals surface area (Å²) >= 11 is 0. The van der Waals surface area contributed by atoms with E-state index in [1.54, 1.807) is 4.72 Å². The highest BCUT2D eigenvalue weighted by Crippen LogP contribution is 1.92. The highest BCUT2D eigenvalue weighted by atomic mass is 32.2. The van der Waals surface area contributed by atoms with Crippen molar-refractivity contribution < 1.29 is 17.9 Å². The third kappa shape index (κ3) is 5.26. The van der Waals surface area contributed by atoms with Crippen LogP contribution < -0.4 is 9.44 Å². The van der Waals surface area contributed by atoms with Gasteiger partial charge in [0, 0.05) is 13.0 Å². The minimum absolute atomic E-state index is 0.174. The lowest BCUT2D eigenvalue weighted by Gasteiger charge is -2.06. The van der Waals surface area contributed by atoms with Crippen LogP contribution in [0, 0.1) is 0 Å². The van der Waals surface area contributed by atoms with Crippen molar-refractivity contribution in [3.8, 4) is 0 Å². The fourth-order valence-electron chi connectivity index (χ4n) is 1.00. The van der Waals surface area contributed by atoms with E-state index in [4.69, 9.17) is 0 Å². The molecule has 96 valence electrons. The molecule has 9 nitrogen and oxygen atoms in total. The summed E-state index contributed by atoms with van der Waals surface area (Å²) in [7, 11) is -2.78. The average Bonchev–Trinajstić information content (AvgIpc) is 2.76. The van der Waals surface area contributed by atoms with E-state index in [-0.39, 0.29) is 6.54 Å². The molecule has 0 saturated carbocycles. The Hall–Kier alpha value is -1.68. The zero-order valence-electron chi connectivity index (χ0n) is 9.13. The van der Waals surface area contributed by atoms with E-state index in [9.17, 15) is 13.2 Å². The lowest BCUT2D eigenvalue weighted by Crippen LogP contribution is -2.40.